The Labute approximate surface area is 131 Å². The van der Waals surface area contributed by atoms with Gasteiger partial charge >= 0.3 is 0 Å². The minimum Gasteiger partial charge on any atom is -0.298 e. The van der Waals surface area contributed by atoms with Crippen LogP contribution in [0.15, 0.2) is 36.4 Å². The van der Waals surface area contributed by atoms with Crippen molar-refractivity contribution >= 4 is 44.2 Å². The van der Waals surface area contributed by atoms with Crippen LogP contribution < -0.4 is 5.32 Å². The molecule has 1 N–H and O–H groups in total. The van der Waals surface area contributed by atoms with E-state index in [2.05, 4.69) is 10.3 Å². The first-order valence-electron chi connectivity index (χ1n) is 6.48. The van der Waals surface area contributed by atoms with Gasteiger partial charge in [0.25, 0.3) is 5.91 Å². The predicted octanol–water partition coefficient (Wildman–Crippen LogP) is 4.82. The minimum absolute atomic E-state index is 0.150. The van der Waals surface area contributed by atoms with Crippen LogP contribution in [0.2, 0.25) is 5.02 Å². The van der Waals surface area contributed by atoms with Crippen molar-refractivity contribution in [2.75, 3.05) is 5.32 Å². The molecule has 2 aromatic carbocycles. The highest BCUT2D eigenvalue weighted by molar-refractivity contribution is 7.22. The smallest absolute Gasteiger partial charge is 0.257 e. The molecule has 0 bridgehead atoms. The molecule has 0 radical (unpaired) electrons. The molecule has 21 heavy (non-hydrogen) atoms. The quantitative estimate of drug-likeness (QED) is 0.736. The van der Waals surface area contributed by atoms with E-state index in [0.29, 0.717) is 15.7 Å². The monoisotopic (exact) mass is 316 g/mol. The first-order valence-corrected chi connectivity index (χ1v) is 7.68. The van der Waals surface area contributed by atoms with E-state index in [1.54, 1.807) is 6.07 Å². The van der Waals surface area contributed by atoms with Crippen LogP contribution in [0, 0.1) is 13.8 Å². The number of benzene rings is 2. The van der Waals surface area contributed by atoms with Gasteiger partial charge in [0.15, 0.2) is 5.13 Å². The summed E-state index contributed by atoms with van der Waals surface area (Å²) in [7, 11) is 0. The van der Waals surface area contributed by atoms with Gasteiger partial charge in [0.2, 0.25) is 0 Å². The number of nitrogens with one attached hydrogen (secondary N) is 1. The van der Waals surface area contributed by atoms with Crippen LogP contribution in [-0.2, 0) is 0 Å². The number of halogens is 1. The maximum atomic E-state index is 12.3. The summed E-state index contributed by atoms with van der Waals surface area (Å²) in [6.45, 7) is 3.93. The van der Waals surface area contributed by atoms with E-state index in [1.807, 2.05) is 44.2 Å². The first kappa shape index (κ1) is 14.0. The number of para-hydroxylation sites is 1. The molecule has 5 heteroatoms. The Hall–Kier alpha value is -1.91. The van der Waals surface area contributed by atoms with E-state index in [4.69, 9.17) is 11.6 Å². The molecule has 0 unspecified atom stereocenters. The fourth-order valence-electron chi connectivity index (χ4n) is 2.20. The average molecular weight is 317 g/mol. The molecule has 0 saturated carbocycles. The number of hydrogen-bond acceptors (Lipinski definition) is 3. The van der Waals surface area contributed by atoms with Crippen molar-refractivity contribution in [1.82, 2.24) is 4.98 Å². The van der Waals surface area contributed by atoms with Crippen molar-refractivity contribution < 1.29 is 4.79 Å². The summed E-state index contributed by atoms with van der Waals surface area (Å²) in [4.78, 5) is 16.7. The molecule has 3 nitrogen and oxygen atoms in total. The lowest BCUT2D eigenvalue weighted by Crippen LogP contribution is -2.13. The summed E-state index contributed by atoms with van der Waals surface area (Å²) >= 11 is 7.51. The van der Waals surface area contributed by atoms with Crippen LogP contribution in [0.3, 0.4) is 0 Å². The molecule has 0 atom stereocenters. The van der Waals surface area contributed by atoms with Gasteiger partial charge in [-0.05, 0) is 37.6 Å². The molecule has 1 heterocycles. The molecule has 1 aromatic heterocycles. The van der Waals surface area contributed by atoms with Gasteiger partial charge in [-0.1, -0.05) is 46.7 Å². The van der Waals surface area contributed by atoms with Crippen LogP contribution in [0.25, 0.3) is 10.2 Å². The molecule has 3 aromatic rings. The Morgan fingerprint density at radius 2 is 2.05 bits per heavy atom. The summed E-state index contributed by atoms with van der Waals surface area (Å²) in [5, 5.41) is 4.00. The first-order chi connectivity index (χ1) is 10.0. The summed E-state index contributed by atoms with van der Waals surface area (Å²) in [6.07, 6.45) is 0. The molecule has 3 rings (SSSR count). The third kappa shape index (κ3) is 2.77. The molecule has 0 aliphatic heterocycles. The highest BCUT2D eigenvalue weighted by atomic mass is 35.5. The van der Waals surface area contributed by atoms with Gasteiger partial charge < -0.3 is 0 Å². The standard InChI is InChI=1S/C16H13ClN2OS/c1-9-6-7-11(10(2)8-9)15(20)19-16-18-14-12(17)4-3-5-13(14)21-16/h3-8H,1-2H3,(H,18,19,20). The number of carbonyl (C=O) groups is 1. The van der Waals surface area contributed by atoms with Crippen molar-refractivity contribution in [2.24, 2.45) is 0 Å². The summed E-state index contributed by atoms with van der Waals surface area (Å²) in [5.74, 6) is -0.150. The second-order valence-electron chi connectivity index (χ2n) is 4.88. The van der Waals surface area contributed by atoms with Crippen LogP contribution in [0.1, 0.15) is 21.5 Å². The van der Waals surface area contributed by atoms with Crippen LogP contribution in [0.5, 0.6) is 0 Å². The molecule has 0 aliphatic rings. The van der Waals surface area contributed by atoms with Crippen LogP contribution in [-0.4, -0.2) is 10.9 Å². The lowest BCUT2D eigenvalue weighted by Gasteiger charge is -2.06. The molecule has 0 spiro atoms. The van der Waals surface area contributed by atoms with E-state index in [-0.39, 0.29) is 5.91 Å². The van der Waals surface area contributed by atoms with Crippen LogP contribution >= 0.6 is 22.9 Å². The zero-order chi connectivity index (χ0) is 15.0. The Morgan fingerprint density at radius 3 is 2.76 bits per heavy atom. The molecule has 0 aliphatic carbocycles. The van der Waals surface area contributed by atoms with Gasteiger partial charge in [-0.15, -0.1) is 0 Å². The zero-order valence-corrected chi connectivity index (χ0v) is 13.2. The number of fused-ring (bicyclic) bond motifs is 1. The number of amides is 1. The summed E-state index contributed by atoms with van der Waals surface area (Å²) < 4.78 is 0.957. The fraction of sp³-hybridized carbons (Fsp3) is 0.125. The maximum absolute atomic E-state index is 12.3. The van der Waals surface area contributed by atoms with Crippen molar-refractivity contribution in [2.45, 2.75) is 13.8 Å². The topological polar surface area (TPSA) is 42.0 Å². The van der Waals surface area contributed by atoms with Gasteiger partial charge in [0.1, 0.15) is 5.52 Å². The summed E-state index contributed by atoms with van der Waals surface area (Å²) in [6, 6.07) is 11.4. The van der Waals surface area contributed by atoms with Gasteiger partial charge in [-0.25, -0.2) is 4.98 Å². The van der Waals surface area contributed by atoms with Gasteiger partial charge in [-0.3, -0.25) is 10.1 Å². The largest absolute Gasteiger partial charge is 0.298 e. The van der Waals surface area contributed by atoms with Gasteiger partial charge in [0, 0.05) is 5.56 Å². The van der Waals surface area contributed by atoms with Gasteiger partial charge in [-0.2, -0.15) is 0 Å². The second-order valence-corrected chi connectivity index (χ2v) is 6.32. The number of aryl methyl sites for hydroxylation is 2. The number of thiazole rings is 1. The Balaban J connectivity index is 1.91. The Kier molecular flexibility index (Phi) is 3.66. The third-order valence-corrected chi connectivity index (χ3v) is 4.46. The van der Waals surface area contributed by atoms with Crippen LogP contribution in [0.4, 0.5) is 5.13 Å². The SMILES string of the molecule is Cc1ccc(C(=O)Nc2nc3c(Cl)cccc3s2)c(C)c1. The van der Waals surface area contributed by atoms with Crippen molar-refractivity contribution in [1.29, 1.82) is 0 Å². The fourth-order valence-corrected chi connectivity index (χ4v) is 3.36. The Morgan fingerprint density at radius 1 is 1.24 bits per heavy atom. The average Bonchev–Trinajstić information content (AvgIpc) is 2.82. The van der Waals surface area contributed by atoms with E-state index < -0.39 is 0 Å². The van der Waals surface area contributed by atoms with E-state index in [0.717, 1.165) is 21.3 Å². The molecule has 0 fully saturated rings. The number of rotatable bonds is 2. The number of aromatic nitrogens is 1. The number of nitrogens with zero attached hydrogens (tertiary/aromatic N) is 1. The maximum Gasteiger partial charge on any atom is 0.257 e. The van der Waals surface area contributed by atoms with Crippen molar-refractivity contribution in [3.05, 3.63) is 58.1 Å². The molecule has 0 saturated heterocycles. The predicted molar refractivity (Wildman–Crippen MR) is 88.5 cm³/mol. The van der Waals surface area contributed by atoms with E-state index in [1.165, 1.54) is 11.3 Å². The number of anilines is 1. The highest BCUT2D eigenvalue weighted by Gasteiger charge is 2.13. The van der Waals surface area contributed by atoms with E-state index >= 15 is 0 Å². The van der Waals surface area contributed by atoms with Crippen molar-refractivity contribution in [3.8, 4) is 0 Å². The van der Waals surface area contributed by atoms with Crippen molar-refractivity contribution in [3.63, 3.8) is 0 Å². The molecule has 1 amide bonds. The molecule has 106 valence electrons. The lowest BCUT2D eigenvalue weighted by atomic mass is 10.1. The zero-order valence-electron chi connectivity index (χ0n) is 11.6. The third-order valence-electron chi connectivity index (χ3n) is 3.22. The minimum atomic E-state index is -0.150. The highest BCUT2D eigenvalue weighted by Crippen LogP contribution is 2.30. The molecular formula is C16H13ClN2OS. The van der Waals surface area contributed by atoms with E-state index in [9.17, 15) is 4.79 Å². The van der Waals surface area contributed by atoms with Gasteiger partial charge in [0.05, 0.1) is 9.72 Å². The summed E-state index contributed by atoms with van der Waals surface area (Å²) in [5.41, 5.74) is 3.47. The Bertz CT molecular complexity index is 841. The normalized spacial score (nSPS) is 10.8. The molecular weight excluding hydrogens is 304 g/mol. The lowest BCUT2D eigenvalue weighted by molar-refractivity contribution is 0.102. The second kappa shape index (κ2) is 5.47. The number of hydrogen-bond donors (Lipinski definition) is 1. The number of carbonyl (C=O) groups excluding carboxylic acids is 1.